The van der Waals surface area contributed by atoms with Crippen molar-refractivity contribution in [3.63, 3.8) is 0 Å². The Morgan fingerprint density at radius 1 is 1.32 bits per heavy atom. The van der Waals surface area contributed by atoms with Crippen LogP contribution in [0.4, 0.5) is 0 Å². The summed E-state index contributed by atoms with van der Waals surface area (Å²) >= 11 is 0. The first-order valence-corrected chi connectivity index (χ1v) is 6.56. The average molecular weight is 271 g/mol. The summed E-state index contributed by atoms with van der Waals surface area (Å²) < 4.78 is 4.79. The number of hydrogen-bond donors (Lipinski definition) is 2. The Bertz CT molecular complexity index is 368. The highest BCUT2D eigenvalue weighted by molar-refractivity contribution is 5.88. The number of rotatable bonds is 5. The Hall–Kier alpha value is -1.59. The van der Waals surface area contributed by atoms with Crippen LogP contribution in [0.2, 0.25) is 0 Å². The van der Waals surface area contributed by atoms with E-state index in [0.717, 1.165) is 0 Å². The maximum Gasteiger partial charge on any atom is 0.328 e. The lowest BCUT2D eigenvalue weighted by Gasteiger charge is -2.18. The van der Waals surface area contributed by atoms with Crippen LogP contribution in [-0.2, 0) is 19.1 Å². The van der Waals surface area contributed by atoms with E-state index < -0.39 is 29.8 Å². The van der Waals surface area contributed by atoms with Crippen LogP contribution >= 0.6 is 0 Å². The van der Waals surface area contributed by atoms with E-state index in [2.05, 4.69) is 5.32 Å². The lowest BCUT2D eigenvalue weighted by atomic mass is 9.95. The number of carboxylic acids is 1. The second kappa shape index (κ2) is 6.54. The van der Waals surface area contributed by atoms with Gasteiger partial charge in [-0.05, 0) is 32.6 Å². The molecule has 108 valence electrons. The van der Waals surface area contributed by atoms with E-state index in [0.29, 0.717) is 12.8 Å². The normalized spacial score (nSPS) is 27.6. The van der Waals surface area contributed by atoms with E-state index in [1.165, 1.54) is 6.92 Å². The molecule has 0 aliphatic heterocycles. The quantitative estimate of drug-likeness (QED) is 0.721. The zero-order valence-electron chi connectivity index (χ0n) is 11.5. The molecule has 1 rings (SSSR count). The molecule has 0 saturated heterocycles. The van der Waals surface area contributed by atoms with Crippen molar-refractivity contribution in [2.75, 3.05) is 6.61 Å². The Morgan fingerprint density at radius 3 is 2.42 bits per heavy atom. The molecule has 2 N–H and O–H groups in total. The van der Waals surface area contributed by atoms with Crippen LogP contribution in [0.15, 0.2) is 0 Å². The van der Waals surface area contributed by atoms with E-state index in [1.54, 1.807) is 6.92 Å². The number of ether oxygens (including phenoxy) is 1. The van der Waals surface area contributed by atoms with Crippen molar-refractivity contribution in [1.29, 1.82) is 0 Å². The third-order valence-electron chi connectivity index (χ3n) is 3.45. The highest BCUT2D eigenvalue weighted by Gasteiger charge is 2.41. The molecule has 4 atom stereocenters. The van der Waals surface area contributed by atoms with Crippen molar-refractivity contribution < 1.29 is 24.2 Å². The van der Waals surface area contributed by atoms with Crippen LogP contribution in [0, 0.1) is 17.8 Å². The number of esters is 1. The van der Waals surface area contributed by atoms with Gasteiger partial charge in [0.25, 0.3) is 0 Å². The molecule has 0 radical (unpaired) electrons. The Morgan fingerprint density at radius 2 is 1.89 bits per heavy atom. The van der Waals surface area contributed by atoms with Crippen LogP contribution in [-0.4, -0.2) is 35.6 Å². The third kappa shape index (κ3) is 3.94. The summed E-state index contributed by atoms with van der Waals surface area (Å²) in [6.07, 6.45) is 1.04. The minimum Gasteiger partial charge on any atom is -0.481 e. The molecular weight excluding hydrogens is 250 g/mol. The van der Waals surface area contributed by atoms with Gasteiger partial charge >= 0.3 is 11.9 Å². The van der Waals surface area contributed by atoms with Crippen molar-refractivity contribution in [3.8, 4) is 0 Å². The van der Waals surface area contributed by atoms with Crippen LogP contribution < -0.4 is 5.32 Å². The van der Waals surface area contributed by atoms with Crippen LogP contribution in [0.25, 0.3) is 0 Å². The Labute approximate surface area is 112 Å². The minimum absolute atomic E-state index is 0.203. The van der Waals surface area contributed by atoms with Gasteiger partial charge in [0.05, 0.1) is 18.4 Å². The van der Waals surface area contributed by atoms with Gasteiger partial charge in [0, 0.05) is 0 Å². The highest BCUT2D eigenvalue weighted by Crippen LogP contribution is 2.36. The molecule has 0 bridgehead atoms. The SMILES string of the molecule is CCOC(=O)C(C)NC(=O)[C@H]1CC(C)C[C@H]1C(=O)O. The largest absolute Gasteiger partial charge is 0.481 e. The van der Waals surface area contributed by atoms with Crippen molar-refractivity contribution >= 4 is 17.8 Å². The molecular formula is C13H21NO5. The lowest BCUT2D eigenvalue weighted by Crippen LogP contribution is -2.44. The van der Waals surface area contributed by atoms with Crippen molar-refractivity contribution in [2.45, 2.75) is 39.7 Å². The summed E-state index contributed by atoms with van der Waals surface area (Å²) in [7, 11) is 0. The molecule has 1 aliphatic rings. The summed E-state index contributed by atoms with van der Waals surface area (Å²) in [5.41, 5.74) is 0. The van der Waals surface area contributed by atoms with Gasteiger partial charge in [-0.3, -0.25) is 9.59 Å². The molecule has 0 aromatic rings. The summed E-state index contributed by atoms with van der Waals surface area (Å²) in [6.45, 7) is 5.39. The van der Waals surface area contributed by atoms with Crippen LogP contribution in [0.1, 0.15) is 33.6 Å². The fourth-order valence-corrected chi connectivity index (χ4v) is 2.50. The molecule has 6 heteroatoms. The molecule has 0 aromatic heterocycles. The predicted octanol–water partition coefficient (Wildman–Crippen LogP) is 0.801. The van der Waals surface area contributed by atoms with Gasteiger partial charge in [-0.2, -0.15) is 0 Å². The lowest BCUT2D eigenvalue weighted by molar-refractivity contribution is -0.149. The monoisotopic (exact) mass is 271 g/mol. The fourth-order valence-electron chi connectivity index (χ4n) is 2.50. The van der Waals surface area contributed by atoms with E-state index in [-0.39, 0.29) is 18.4 Å². The van der Waals surface area contributed by atoms with Gasteiger partial charge in [-0.25, -0.2) is 4.79 Å². The van der Waals surface area contributed by atoms with Crippen LogP contribution in [0.3, 0.4) is 0 Å². The standard InChI is InChI=1S/C13H21NO5/c1-4-19-13(18)8(3)14-11(15)9-5-7(2)6-10(9)12(16)17/h7-10H,4-6H2,1-3H3,(H,14,15)(H,16,17)/t7?,8?,9-,10+/m0/s1. The zero-order valence-corrected chi connectivity index (χ0v) is 11.5. The Kier molecular flexibility index (Phi) is 5.32. The van der Waals surface area contributed by atoms with Gasteiger partial charge in [0.2, 0.25) is 5.91 Å². The number of nitrogens with one attached hydrogen (secondary N) is 1. The Balaban J connectivity index is 2.62. The second-order valence-electron chi connectivity index (χ2n) is 5.11. The number of carbonyl (C=O) groups is 3. The predicted molar refractivity (Wildman–Crippen MR) is 67.3 cm³/mol. The van der Waals surface area contributed by atoms with Gasteiger partial charge < -0.3 is 15.2 Å². The molecule has 19 heavy (non-hydrogen) atoms. The first-order chi connectivity index (χ1) is 8.86. The topological polar surface area (TPSA) is 92.7 Å². The van der Waals surface area contributed by atoms with Crippen molar-refractivity contribution in [1.82, 2.24) is 5.32 Å². The fraction of sp³-hybridized carbons (Fsp3) is 0.769. The molecule has 1 saturated carbocycles. The molecule has 0 spiro atoms. The maximum atomic E-state index is 12.0. The summed E-state index contributed by atoms with van der Waals surface area (Å²) in [5.74, 6) is -2.86. The summed E-state index contributed by atoms with van der Waals surface area (Å²) in [6, 6.07) is -0.752. The summed E-state index contributed by atoms with van der Waals surface area (Å²) in [4.78, 5) is 34.6. The van der Waals surface area contributed by atoms with Gasteiger partial charge in [-0.1, -0.05) is 6.92 Å². The number of carboxylic acid groups (broad SMARTS) is 1. The van der Waals surface area contributed by atoms with E-state index in [9.17, 15) is 14.4 Å². The number of aliphatic carboxylic acids is 1. The number of carbonyl (C=O) groups excluding carboxylic acids is 2. The molecule has 0 heterocycles. The molecule has 1 amide bonds. The van der Waals surface area contributed by atoms with Crippen molar-refractivity contribution in [3.05, 3.63) is 0 Å². The average Bonchev–Trinajstić information content (AvgIpc) is 2.71. The maximum absolute atomic E-state index is 12.0. The zero-order chi connectivity index (χ0) is 14.6. The minimum atomic E-state index is -0.951. The molecule has 2 unspecified atom stereocenters. The highest BCUT2D eigenvalue weighted by atomic mass is 16.5. The van der Waals surface area contributed by atoms with Crippen LogP contribution in [0.5, 0.6) is 0 Å². The molecule has 0 aromatic carbocycles. The van der Waals surface area contributed by atoms with E-state index in [4.69, 9.17) is 9.84 Å². The van der Waals surface area contributed by atoms with E-state index in [1.807, 2.05) is 6.92 Å². The van der Waals surface area contributed by atoms with E-state index >= 15 is 0 Å². The number of amides is 1. The van der Waals surface area contributed by atoms with Gasteiger partial charge in [-0.15, -0.1) is 0 Å². The first kappa shape index (κ1) is 15.5. The second-order valence-corrected chi connectivity index (χ2v) is 5.11. The van der Waals surface area contributed by atoms with Gasteiger partial charge in [0.15, 0.2) is 0 Å². The smallest absolute Gasteiger partial charge is 0.328 e. The first-order valence-electron chi connectivity index (χ1n) is 6.56. The van der Waals surface area contributed by atoms with Crippen molar-refractivity contribution in [2.24, 2.45) is 17.8 Å². The molecule has 1 aliphatic carbocycles. The van der Waals surface area contributed by atoms with Gasteiger partial charge in [0.1, 0.15) is 6.04 Å². The summed E-state index contributed by atoms with van der Waals surface area (Å²) in [5, 5.41) is 11.6. The number of hydrogen-bond acceptors (Lipinski definition) is 4. The molecule has 1 fully saturated rings. The third-order valence-corrected chi connectivity index (χ3v) is 3.45. The molecule has 6 nitrogen and oxygen atoms in total.